The van der Waals surface area contributed by atoms with Gasteiger partial charge in [-0.2, -0.15) is 10.4 Å². The molecule has 0 radical (unpaired) electrons. The maximum absolute atomic E-state index is 9.60. The third-order valence-corrected chi connectivity index (χ3v) is 5.65. The largest absolute Gasteiger partial charge is 0.365 e. The van der Waals surface area contributed by atoms with Crippen LogP contribution in [0.4, 0.5) is 11.5 Å². The second-order valence-corrected chi connectivity index (χ2v) is 8.28. The first-order valence-electron chi connectivity index (χ1n) is 9.91. The Morgan fingerprint density at radius 1 is 1.06 bits per heavy atom. The molecule has 4 aromatic rings. The van der Waals surface area contributed by atoms with Crippen LogP contribution in [0.15, 0.2) is 60.9 Å². The molecule has 2 N–H and O–H groups in total. The molecule has 156 valence electrons. The molecule has 0 spiro atoms. The summed E-state index contributed by atoms with van der Waals surface area (Å²) in [5.74, 6) is 0.699. The van der Waals surface area contributed by atoms with Crippen LogP contribution in [0.25, 0.3) is 0 Å². The Bertz CT molecular complexity index is 1250. The van der Waals surface area contributed by atoms with Gasteiger partial charge in [0, 0.05) is 39.9 Å². The van der Waals surface area contributed by atoms with Gasteiger partial charge in [0.2, 0.25) is 0 Å². The van der Waals surface area contributed by atoms with E-state index in [9.17, 15) is 5.26 Å². The Morgan fingerprint density at radius 2 is 1.90 bits per heavy atom. The number of hydrogen-bond donors (Lipinski definition) is 2. The smallest absolute Gasteiger partial charge is 0.152 e. The Morgan fingerprint density at radius 3 is 2.65 bits per heavy atom. The number of aromatic amines is 1. The average Bonchev–Trinajstić information content (AvgIpc) is 3.37. The molecular weight excluding hydrogens is 429 g/mol. The number of halogens is 2. The van der Waals surface area contributed by atoms with Crippen LogP contribution < -0.4 is 5.32 Å². The molecule has 0 fully saturated rings. The molecule has 2 heterocycles. The number of aromatic nitrogens is 3. The fourth-order valence-corrected chi connectivity index (χ4v) is 3.92. The number of aryl methyl sites for hydroxylation is 3. The topological polar surface area (TPSA) is 69.4 Å². The molecule has 2 aromatic carbocycles. The third-order valence-electron chi connectivity index (χ3n) is 5.06. The van der Waals surface area contributed by atoms with Gasteiger partial charge >= 0.3 is 0 Å². The third kappa shape index (κ3) is 5.29. The lowest BCUT2D eigenvalue weighted by Crippen LogP contribution is -2.02. The lowest BCUT2D eigenvalue weighted by atomic mass is 10.0. The number of nitriles is 1. The van der Waals surface area contributed by atoms with Crippen LogP contribution in [-0.2, 0) is 19.4 Å². The fraction of sp³-hybridized carbons (Fsp3) is 0.167. The van der Waals surface area contributed by atoms with Crippen molar-refractivity contribution >= 4 is 34.7 Å². The zero-order chi connectivity index (χ0) is 21.8. The molecule has 5 nitrogen and oxygen atoms in total. The van der Waals surface area contributed by atoms with Crippen LogP contribution in [0.5, 0.6) is 0 Å². The standard InChI is InChI=1S/C24H21Cl2N5/c1-16-10-17(14-28-16)2-3-18-5-7-22(11-20(18)13-27)29-24-8-9-31(30-24)15-19-4-6-21(25)12-23(19)26/h4-12,14,28H,2-3,15H2,1H3,(H,29,30). The molecule has 2 aromatic heterocycles. The Hall–Kier alpha value is -3.20. The van der Waals surface area contributed by atoms with Crippen LogP contribution in [0, 0.1) is 18.3 Å². The average molecular weight is 450 g/mol. The van der Waals surface area contributed by atoms with Gasteiger partial charge in [0.15, 0.2) is 5.82 Å². The van der Waals surface area contributed by atoms with Crippen molar-refractivity contribution in [3.8, 4) is 6.07 Å². The van der Waals surface area contributed by atoms with E-state index in [1.165, 1.54) is 5.56 Å². The summed E-state index contributed by atoms with van der Waals surface area (Å²) in [5.41, 5.74) is 5.87. The van der Waals surface area contributed by atoms with E-state index in [-0.39, 0.29) is 0 Å². The molecule has 0 atom stereocenters. The van der Waals surface area contributed by atoms with Crippen molar-refractivity contribution in [2.75, 3.05) is 5.32 Å². The summed E-state index contributed by atoms with van der Waals surface area (Å²) < 4.78 is 1.80. The van der Waals surface area contributed by atoms with Gasteiger partial charge < -0.3 is 10.3 Å². The minimum Gasteiger partial charge on any atom is -0.365 e. The van der Waals surface area contributed by atoms with Gasteiger partial charge in [0.25, 0.3) is 0 Å². The predicted molar refractivity (Wildman–Crippen MR) is 125 cm³/mol. The second kappa shape index (κ2) is 9.30. The summed E-state index contributed by atoms with van der Waals surface area (Å²) in [6, 6.07) is 17.6. The maximum Gasteiger partial charge on any atom is 0.152 e. The van der Waals surface area contributed by atoms with E-state index in [0.717, 1.165) is 35.3 Å². The molecule has 0 saturated carbocycles. The highest BCUT2D eigenvalue weighted by Crippen LogP contribution is 2.23. The first-order chi connectivity index (χ1) is 15.0. The zero-order valence-corrected chi connectivity index (χ0v) is 18.5. The summed E-state index contributed by atoms with van der Waals surface area (Å²) in [6.07, 6.45) is 5.61. The molecule has 7 heteroatoms. The Balaban J connectivity index is 1.43. The van der Waals surface area contributed by atoms with Gasteiger partial charge in [-0.3, -0.25) is 4.68 Å². The fourth-order valence-electron chi connectivity index (χ4n) is 3.46. The molecule has 0 saturated heterocycles. The summed E-state index contributed by atoms with van der Waals surface area (Å²) in [7, 11) is 0. The second-order valence-electron chi connectivity index (χ2n) is 7.43. The van der Waals surface area contributed by atoms with Crippen LogP contribution in [0.1, 0.15) is 27.9 Å². The van der Waals surface area contributed by atoms with E-state index in [1.807, 2.05) is 55.7 Å². The first-order valence-corrected chi connectivity index (χ1v) is 10.7. The van der Waals surface area contributed by atoms with Gasteiger partial charge in [-0.1, -0.05) is 35.3 Å². The van der Waals surface area contributed by atoms with Gasteiger partial charge in [-0.05, 0) is 66.8 Å². The number of nitrogens with one attached hydrogen (secondary N) is 2. The van der Waals surface area contributed by atoms with Crippen LogP contribution in [0.3, 0.4) is 0 Å². The number of rotatable bonds is 7. The summed E-state index contributed by atoms with van der Waals surface area (Å²) in [6.45, 7) is 2.58. The molecule has 31 heavy (non-hydrogen) atoms. The number of anilines is 2. The highest BCUT2D eigenvalue weighted by molar-refractivity contribution is 6.35. The lowest BCUT2D eigenvalue weighted by Gasteiger charge is -2.08. The van der Waals surface area contributed by atoms with E-state index < -0.39 is 0 Å². The monoisotopic (exact) mass is 449 g/mol. The van der Waals surface area contributed by atoms with E-state index in [1.54, 1.807) is 10.7 Å². The van der Waals surface area contributed by atoms with Gasteiger partial charge in [0.05, 0.1) is 18.2 Å². The number of hydrogen-bond acceptors (Lipinski definition) is 3. The summed E-state index contributed by atoms with van der Waals surface area (Å²) in [5, 5.41) is 18.6. The van der Waals surface area contributed by atoms with Crippen molar-refractivity contribution in [3.05, 3.63) is 98.9 Å². The lowest BCUT2D eigenvalue weighted by molar-refractivity contribution is 0.690. The number of benzene rings is 2. The van der Waals surface area contributed by atoms with Crippen LogP contribution in [-0.4, -0.2) is 14.8 Å². The van der Waals surface area contributed by atoms with Crippen molar-refractivity contribution in [2.24, 2.45) is 0 Å². The Labute approximate surface area is 191 Å². The van der Waals surface area contributed by atoms with Crippen molar-refractivity contribution in [1.82, 2.24) is 14.8 Å². The highest BCUT2D eigenvalue weighted by Gasteiger charge is 2.08. The SMILES string of the molecule is Cc1cc(CCc2ccc(Nc3ccn(Cc4ccc(Cl)cc4Cl)n3)cc2C#N)c[nH]1. The predicted octanol–water partition coefficient (Wildman–Crippen LogP) is 6.28. The number of nitrogens with zero attached hydrogens (tertiary/aromatic N) is 3. The summed E-state index contributed by atoms with van der Waals surface area (Å²) >= 11 is 12.2. The van der Waals surface area contributed by atoms with Crippen molar-refractivity contribution in [1.29, 1.82) is 5.26 Å². The molecule has 0 bridgehead atoms. The summed E-state index contributed by atoms with van der Waals surface area (Å²) in [4.78, 5) is 3.20. The van der Waals surface area contributed by atoms with Gasteiger partial charge in [-0.15, -0.1) is 0 Å². The van der Waals surface area contributed by atoms with Gasteiger partial charge in [0.1, 0.15) is 0 Å². The Kier molecular flexibility index (Phi) is 6.31. The quantitative estimate of drug-likeness (QED) is 0.348. The minimum atomic E-state index is 0.540. The molecular formula is C24H21Cl2N5. The van der Waals surface area contributed by atoms with E-state index in [2.05, 4.69) is 27.5 Å². The number of H-pyrrole nitrogens is 1. The molecule has 0 aliphatic carbocycles. The molecule has 0 aliphatic rings. The molecule has 4 rings (SSSR count). The van der Waals surface area contributed by atoms with E-state index in [0.29, 0.717) is 28.0 Å². The molecule has 0 amide bonds. The molecule has 0 unspecified atom stereocenters. The van der Waals surface area contributed by atoms with Gasteiger partial charge in [-0.25, -0.2) is 0 Å². The first kappa shape index (κ1) is 21.0. The maximum atomic E-state index is 9.60. The van der Waals surface area contributed by atoms with Crippen molar-refractivity contribution < 1.29 is 0 Å². The highest BCUT2D eigenvalue weighted by atomic mass is 35.5. The molecule has 0 aliphatic heterocycles. The zero-order valence-electron chi connectivity index (χ0n) is 17.0. The van der Waals surface area contributed by atoms with E-state index >= 15 is 0 Å². The van der Waals surface area contributed by atoms with Crippen molar-refractivity contribution in [3.63, 3.8) is 0 Å². The van der Waals surface area contributed by atoms with Crippen molar-refractivity contribution in [2.45, 2.75) is 26.3 Å². The minimum absolute atomic E-state index is 0.540. The van der Waals surface area contributed by atoms with Crippen LogP contribution in [0.2, 0.25) is 10.0 Å². The normalized spacial score (nSPS) is 10.8. The van der Waals surface area contributed by atoms with E-state index in [4.69, 9.17) is 23.2 Å². The van der Waals surface area contributed by atoms with Crippen LogP contribution >= 0.6 is 23.2 Å².